The van der Waals surface area contributed by atoms with Gasteiger partial charge in [0, 0.05) is 11.3 Å². The Kier molecular flexibility index (Phi) is 6.33. The van der Waals surface area contributed by atoms with E-state index in [9.17, 15) is 4.79 Å². The average Bonchev–Trinajstić information content (AvgIpc) is 2.71. The lowest BCUT2D eigenvalue weighted by Gasteiger charge is -2.15. The molecule has 0 heterocycles. The Morgan fingerprint density at radius 2 is 1.57 bits per heavy atom. The Bertz CT molecular complexity index is 931. The summed E-state index contributed by atoms with van der Waals surface area (Å²) < 4.78 is 11.6. The van der Waals surface area contributed by atoms with Gasteiger partial charge in [-0.2, -0.15) is 0 Å². The number of carbonyl (C=O) groups is 1. The van der Waals surface area contributed by atoms with E-state index in [1.165, 1.54) is 0 Å². The molecule has 0 saturated heterocycles. The maximum absolute atomic E-state index is 12.8. The van der Waals surface area contributed by atoms with Crippen LogP contribution in [0.1, 0.15) is 34.0 Å². The van der Waals surface area contributed by atoms with Crippen LogP contribution < -0.4 is 14.8 Å². The summed E-state index contributed by atoms with van der Waals surface area (Å²) in [5.41, 5.74) is 4.50. The normalized spacial score (nSPS) is 10.4. The molecule has 0 atom stereocenters. The topological polar surface area (TPSA) is 47.6 Å². The fourth-order valence-corrected chi connectivity index (χ4v) is 2.97. The molecule has 1 N–H and O–H groups in total. The summed E-state index contributed by atoms with van der Waals surface area (Å²) in [6, 6.07) is 21.1. The van der Waals surface area contributed by atoms with Gasteiger partial charge in [0.15, 0.2) is 11.5 Å². The van der Waals surface area contributed by atoms with Crippen LogP contribution in [-0.2, 0) is 6.61 Å². The van der Waals surface area contributed by atoms with E-state index in [1.54, 1.807) is 18.2 Å². The minimum absolute atomic E-state index is 0.173. The number of hydrogen-bond donors (Lipinski definition) is 1. The first-order valence-corrected chi connectivity index (χ1v) is 9.39. The van der Waals surface area contributed by atoms with Gasteiger partial charge in [-0.1, -0.05) is 48.5 Å². The lowest BCUT2D eigenvalue weighted by atomic mass is 10.1. The highest BCUT2D eigenvalue weighted by Crippen LogP contribution is 2.30. The molecule has 0 aliphatic rings. The molecule has 28 heavy (non-hydrogen) atoms. The minimum Gasteiger partial charge on any atom is -0.490 e. The molecule has 0 aromatic heterocycles. The van der Waals surface area contributed by atoms with E-state index in [4.69, 9.17) is 9.47 Å². The fourth-order valence-electron chi connectivity index (χ4n) is 2.97. The van der Waals surface area contributed by atoms with Gasteiger partial charge in [0.25, 0.3) is 5.91 Å². The molecule has 0 fully saturated rings. The van der Waals surface area contributed by atoms with Gasteiger partial charge >= 0.3 is 0 Å². The van der Waals surface area contributed by atoms with Crippen molar-refractivity contribution in [1.29, 1.82) is 0 Å². The first-order chi connectivity index (χ1) is 13.6. The van der Waals surface area contributed by atoms with Crippen molar-refractivity contribution in [2.24, 2.45) is 0 Å². The first kappa shape index (κ1) is 19.5. The van der Waals surface area contributed by atoms with Crippen molar-refractivity contribution in [3.8, 4) is 11.5 Å². The average molecular weight is 375 g/mol. The van der Waals surface area contributed by atoms with Crippen LogP contribution in [0.25, 0.3) is 0 Å². The molecule has 1 amide bonds. The second kappa shape index (κ2) is 9.09. The zero-order chi connectivity index (χ0) is 19.9. The number of aryl methyl sites for hydroxylation is 2. The van der Waals surface area contributed by atoms with Crippen LogP contribution in [0.2, 0.25) is 0 Å². The molecule has 144 valence electrons. The van der Waals surface area contributed by atoms with Crippen molar-refractivity contribution in [2.45, 2.75) is 27.4 Å². The maximum atomic E-state index is 12.8. The smallest absolute Gasteiger partial charge is 0.255 e. The Hall–Kier alpha value is -3.27. The third-order valence-corrected chi connectivity index (χ3v) is 4.46. The second-order valence-corrected chi connectivity index (χ2v) is 6.59. The molecule has 3 rings (SSSR count). The van der Waals surface area contributed by atoms with E-state index in [0.717, 1.165) is 22.4 Å². The lowest BCUT2D eigenvalue weighted by Crippen LogP contribution is -2.14. The zero-order valence-electron chi connectivity index (χ0n) is 16.5. The van der Waals surface area contributed by atoms with Crippen LogP contribution in [0.3, 0.4) is 0 Å². The van der Waals surface area contributed by atoms with Gasteiger partial charge in [-0.05, 0) is 55.7 Å². The molecule has 0 saturated carbocycles. The number of benzene rings is 3. The number of amides is 1. The fraction of sp³-hybridized carbons (Fsp3) is 0.208. The number of ether oxygens (including phenoxy) is 2. The van der Waals surface area contributed by atoms with Gasteiger partial charge in [-0.3, -0.25) is 4.79 Å². The number of nitrogens with one attached hydrogen (secondary N) is 1. The van der Waals surface area contributed by atoms with Crippen LogP contribution in [0.15, 0.2) is 66.7 Å². The van der Waals surface area contributed by atoms with E-state index in [-0.39, 0.29) is 5.91 Å². The van der Waals surface area contributed by atoms with E-state index < -0.39 is 0 Å². The number of anilines is 1. The van der Waals surface area contributed by atoms with Crippen LogP contribution >= 0.6 is 0 Å². The molecule has 0 aliphatic heterocycles. The van der Waals surface area contributed by atoms with Gasteiger partial charge in [0.2, 0.25) is 0 Å². The summed E-state index contributed by atoms with van der Waals surface area (Å²) in [7, 11) is 0. The van der Waals surface area contributed by atoms with E-state index >= 15 is 0 Å². The summed E-state index contributed by atoms with van der Waals surface area (Å²) in [5, 5.41) is 3.01. The summed E-state index contributed by atoms with van der Waals surface area (Å²) in [6.45, 7) is 6.80. The summed E-state index contributed by atoms with van der Waals surface area (Å²) in [5.74, 6) is 1.01. The van der Waals surface area contributed by atoms with Crippen LogP contribution in [0.5, 0.6) is 11.5 Å². The maximum Gasteiger partial charge on any atom is 0.255 e. The number of hydrogen-bond acceptors (Lipinski definition) is 3. The van der Waals surface area contributed by atoms with Crippen LogP contribution in [0, 0.1) is 13.8 Å². The van der Waals surface area contributed by atoms with Gasteiger partial charge in [-0.25, -0.2) is 0 Å². The highest BCUT2D eigenvalue weighted by molar-refractivity contribution is 6.05. The molecule has 4 heteroatoms. The Balaban J connectivity index is 1.78. The summed E-state index contributed by atoms with van der Waals surface area (Å²) in [4.78, 5) is 12.8. The Morgan fingerprint density at radius 1 is 0.857 bits per heavy atom. The molecule has 0 radical (unpaired) electrons. The molecular formula is C24H25NO3. The summed E-state index contributed by atoms with van der Waals surface area (Å²) >= 11 is 0. The molecule has 0 aliphatic carbocycles. The molecule has 0 spiro atoms. The van der Waals surface area contributed by atoms with Crippen molar-refractivity contribution < 1.29 is 14.3 Å². The predicted molar refractivity (Wildman–Crippen MR) is 112 cm³/mol. The molecule has 4 nitrogen and oxygen atoms in total. The largest absolute Gasteiger partial charge is 0.490 e. The van der Waals surface area contributed by atoms with Crippen molar-refractivity contribution in [3.05, 3.63) is 89.0 Å². The molecule has 0 bridgehead atoms. The van der Waals surface area contributed by atoms with Gasteiger partial charge in [0.1, 0.15) is 6.61 Å². The van der Waals surface area contributed by atoms with E-state index in [2.05, 4.69) is 5.32 Å². The second-order valence-electron chi connectivity index (χ2n) is 6.59. The van der Waals surface area contributed by atoms with Gasteiger partial charge < -0.3 is 14.8 Å². The highest BCUT2D eigenvalue weighted by Gasteiger charge is 2.14. The van der Waals surface area contributed by atoms with Gasteiger partial charge in [-0.15, -0.1) is 0 Å². The summed E-state index contributed by atoms with van der Waals surface area (Å²) in [6.07, 6.45) is 0. The molecule has 0 unspecified atom stereocenters. The predicted octanol–water partition coefficient (Wildman–Crippen LogP) is 5.53. The SMILES string of the molecule is CCOc1cc(C(=O)Nc2c(C)cccc2C)ccc1OCc1ccccc1. The number of carbonyl (C=O) groups excluding carboxylic acids is 1. The minimum atomic E-state index is -0.173. The zero-order valence-corrected chi connectivity index (χ0v) is 16.5. The van der Waals surface area contributed by atoms with Crippen molar-refractivity contribution in [1.82, 2.24) is 0 Å². The quantitative estimate of drug-likeness (QED) is 0.590. The monoisotopic (exact) mass is 375 g/mol. The molecule has 3 aromatic carbocycles. The molecular weight excluding hydrogens is 350 g/mol. The third-order valence-electron chi connectivity index (χ3n) is 4.46. The van der Waals surface area contributed by atoms with Crippen molar-refractivity contribution >= 4 is 11.6 Å². The van der Waals surface area contributed by atoms with Gasteiger partial charge in [0.05, 0.1) is 6.61 Å². The van der Waals surface area contributed by atoms with E-state index in [0.29, 0.717) is 30.3 Å². The van der Waals surface area contributed by atoms with Crippen LogP contribution in [0.4, 0.5) is 5.69 Å². The standard InChI is InChI=1S/C24H25NO3/c1-4-27-22-15-20(24(26)25-23-17(2)9-8-10-18(23)3)13-14-21(22)28-16-19-11-6-5-7-12-19/h5-15H,4,16H2,1-3H3,(H,25,26). The number of rotatable bonds is 7. The third kappa shape index (κ3) is 4.71. The van der Waals surface area contributed by atoms with E-state index in [1.807, 2.05) is 69.3 Å². The first-order valence-electron chi connectivity index (χ1n) is 9.39. The molecule has 3 aromatic rings. The Labute approximate surface area is 166 Å². The highest BCUT2D eigenvalue weighted by atomic mass is 16.5. The Morgan fingerprint density at radius 3 is 2.25 bits per heavy atom. The van der Waals surface area contributed by atoms with Crippen LogP contribution in [-0.4, -0.2) is 12.5 Å². The van der Waals surface area contributed by atoms with Crippen molar-refractivity contribution in [2.75, 3.05) is 11.9 Å². The number of para-hydroxylation sites is 1. The lowest BCUT2D eigenvalue weighted by molar-refractivity contribution is 0.102. The van der Waals surface area contributed by atoms with Crippen molar-refractivity contribution in [3.63, 3.8) is 0 Å².